The van der Waals surface area contributed by atoms with Gasteiger partial charge in [-0.05, 0) is 56.4 Å². The number of amides is 1. The number of thioether (sulfide) groups is 1. The van der Waals surface area contributed by atoms with E-state index in [0.29, 0.717) is 0 Å². The molecule has 0 saturated heterocycles. The Morgan fingerprint density at radius 3 is 2.67 bits per heavy atom. The minimum Gasteiger partial charge on any atom is -0.338 e. The maximum atomic E-state index is 12.7. The van der Waals surface area contributed by atoms with Gasteiger partial charge in [0.15, 0.2) is 0 Å². The fourth-order valence-electron chi connectivity index (χ4n) is 2.67. The Hall–Kier alpha value is -1.33. The molecule has 1 fully saturated rings. The summed E-state index contributed by atoms with van der Waals surface area (Å²) in [5, 5.41) is 3.22. The normalized spacial score (nSPS) is 13.9. The van der Waals surface area contributed by atoms with Crippen LogP contribution in [0.5, 0.6) is 0 Å². The van der Waals surface area contributed by atoms with E-state index >= 15 is 0 Å². The topological polar surface area (TPSA) is 33.2 Å². The van der Waals surface area contributed by atoms with Crippen LogP contribution in [0, 0.1) is 12.8 Å². The van der Waals surface area contributed by atoms with Crippen molar-refractivity contribution >= 4 is 29.0 Å². The predicted molar refractivity (Wildman–Crippen MR) is 102 cm³/mol. The number of carbonyl (C=O) groups is 1. The molecular formula is C19H24N2OS2. The zero-order chi connectivity index (χ0) is 16.9. The molecule has 0 atom stereocenters. The zero-order valence-electron chi connectivity index (χ0n) is 14.3. The summed E-state index contributed by atoms with van der Waals surface area (Å²) in [6.07, 6.45) is 3.57. The highest BCUT2D eigenvalue weighted by Gasteiger charge is 2.26. The van der Waals surface area contributed by atoms with Gasteiger partial charge in [-0.1, -0.05) is 6.92 Å². The van der Waals surface area contributed by atoms with Crippen LogP contribution in [0.25, 0.3) is 0 Å². The van der Waals surface area contributed by atoms with Crippen LogP contribution in [0.2, 0.25) is 0 Å². The lowest BCUT2D eigenvalue weighted by Crippen LogP contribution is -2.33. The molecule has 5 heteroatoms. The monoisotopic (exact) mass is 360 g/mol. The van der Waals surface area contributed by atoms with Crippen LogP contribution in [-0.2, 0) is 5.75 Å². The van der Waals surface area contributed by atoms with Gasteiger partial charge in [0.1, 0.15) is 0 Å². The molecule has 0 radical (unpaired) electrons. The second-order valence-corrected chi connectivity index (χ2v) is 8.48. The Labute approximate surface area is 152 Å². The molecule has 1 amide bonds. The zero-order valence-corrected chi connectivity index (χ0v) is 16.0. The van der Waals surface area contributed by atoms with Crippen molar-refractivity contribution in [3.8, 4) is 0 Å². The van der Waals surface area contributed by atoms with Gasteiger partial charge < -0.3 is 4.90 Å². The number of nitrogens with zero attached hydrogens (tertiary/aromatic N) is 2. The molecule has 0 unspecified atom stereocenters. The first-order valence-corrected chi connectivity index (χ1v) is 10.5. The lowest BCUT2D eigenvalue weighted by molar-refractivity contribution is 0.0747. The Kier molecular flexibility index (Phi) is 5.95. The van der Waals surface area contributed by atoms with Gasteiger partial charge in [0.25, 0.3) is 5.91 Å². The average Bonchev–Trinajstić information content (AvgIpc) is 3.32. The quantitative estimate of drug-likeness (QED) is 0.621. The summed E-state index contributed by atoms with van der Waals surface area (Å²) in [6.45, 7) is 5.94. The van der Waals surface area contributed by atoms with Crippen LogP contribution >= 0.6 is 23.1 Å². The van der Waals surface area contributed by atoms with Crippen LogP contribution < -0.4 is 0 Å². The number of rotatable bonds is 8. The summed E-state index contributed by atoms with van der Waals surface area (Å²) < 4.78 is 0. The molecular weight excluding hydrogens is 336 g/mol. The van der Waals surface area contributed by atoms with E-state index in [1.807, 2.05) is 24.0 Å². The van der Waals surface area contributed by atoms with Gasteiger partial charge >= 0.3 is 0 Å². The SMILES string of the molecule is CCCN(CC1CC1)C(=O)c1ccc(SCc2csc(C)n2)cc1. The van der Waals surface area contributed by atoms with Crippen molar-refractivity contribution in [1.29, 1.82) is 0 Å². The molecule has 1 heterocycles. The third-order valence-electron chi connectivity index (χ3n) is 4.11. The van der Waals surface area contributed by atoms with E-state index in [1.165, 1.54) is 17.7 Å². The van der Waals surface area contributed by atoms with Crippen LogP contribution in [-0.4, -0.2) is 28.9 Å². The fraction of sp³-hybridized carbons (Fsp3) is 0.474. The number of aromatic nitrogens is 1. The number of hydrogen-bond acceptors (Lipinski definition) is 4. The van der Waals surface area contributed by atoms with E-state index in [4.69, 9.17) is 0 Å². The summed E-state index contributed by atoms with van der Waals surface area (Å²) in [4.78, 5) is 20.4. The second-order valence-electron chi connectivity index (χ2n) is 6.37. The number of carbonyl (C=O) groups excluding carboxylic acids is 1. The molecule has 1 aromatic heterocycles. The Balaban J connectivity index is 1.58. The van der Waals surface area contributed by atoms with E-state index in [0.717, 1.165) is 47.4 Å². The molecule has 1 saturated carbocycles. The van der Waals surface area contributed by atoms with Crippen molar-refractivity contribution in [1.82, 2.24) is 9.88 Å². The fourth-order valence-corrected chi connectivity index (χ4v) is 4.17. The molecule has 0 aliphatic heterocycles. The number of benzene rings is 1. The number of hydrogen-bond donors (Lipinski definition) is 0. The molecule has 128 valence electrons. The predicted octanol–water partition coefficient (Wildman–Crippen LogP) is 5.01. The second kappa shape index (κ2) is 8.17. The smallest absolute Gasteiger partial charge is 0.253 e. The van der Waals surface area contributed by atoms with Crippen molar-refractivity contribution < 1.29 is 4.79 Å². The van der Waals surface area contributed by atoms with Crippen LogP contribution in [0.4, 0.5) is 0 Å². The van der Waals surface area contributed by atoms with Gasteiger partial charge in [0.2, 0.25) is 0 Å². The Morgan fingerprint density at radius 2 is 2.08 bits per heavy atom. The maximum Gasteiger partial charge on any atom is 0.253 e. The van der Waals surface area contributed by atoms with E-state index in [1.54, 1.807) is 23.1 Å². The minimum absolute atomic E-state index is 0.176. The molecule has 0 spiro atoms. The van der Waals surface area contributed by atoms with Crippen molar-refractivity contribution in [3.05, 3.63) is 45.9 Å². The molecule has 1 aliphatic carbocycles. The Morgan fingerprint density at radius 1 is 1.33 bits per heavy atom. The van der Waals surface area contributed by atoms with E-state index < -0.39 is 0 Å². The summed E-state index contributed by atoms with van der Waals surface area (Å²) in [5.74, 6) is 1.79. The van der Waals surface area contributed by atoms with Gasteiger partial charge in [0, 0.05) is 34.7 Å². The molecule has 3 nitrogen and oxygen atoms in total. The van der Waals surface area contributed by atoms with Crippen LogP contribution in [0.15, 0.2) is 34.5 Å². The minimum atomic E-state index is 0.176. The largest absolute Gasteiger partial charge is 0.338 e. The third kappa shape index (κ3) is 4.84. The maximum absolute atomic E-state index is 12.7. The number of thiazole rings is 1. The summed E-state index contributed by atoms with van der Waals surface area (Å²) in [5.41, 5.74) is 1.93. The van der Waals surface area contributed by atoms with Crippen molar-refractivity contribution in [2.45, 2.75) is 43.8 Å². The average molecular weight is 361 g/mol. The van der Waals surface area contributed by atoms with E-state index in [2.05, 4.69) is 29.4 Å². The van der Waals surface area contributed by atoms with Crippen LogP contribution in [0.1, 0.15) is 47.2 Å². The van der Waals surface area contributed by atoms with Gasteiger partial charge in [-0.2, -0.15) is 0 Å². The highest BCUT2D eigenvalue weighted by molar-refractivity contribution is 7.98. The van der Waals surface area contributed by atoms with E-state index in [9.17, 15) is 4.79 Å². The molecule has 24 heavy (non-hydrogen) atoms. The molecule has 1 aromatic carbocycles. The Bertz CT molecular complexity index is 677. The van der Waals surface area contributed by atoms with E-state index in [-0.39, 0.29) is 5.91 Å². The van der Waals surface area contributed by atoms with Gasteiger partial charge in [-0.3, -0.25) is 4.79 Å². The highest BCUT2D eigenvalue weighted by atomic mass is 32.2. The molecule has 1 aliphatic rings. The van der Waals surface area contributed by atoms with Gasteiger partial charge in [-0.25, -0.2) is 4.98 Å². The summed E-state index contributed by atoms with van der Waals surface area (Å²) in [7, 11) is 0. The first kappa shape index (κ1) is 17.5. The molecule has 3 rings (SSSR count). The third-order valence-corrected chi connectivity index (χ3v) is 5.98. The molecule has 0 bridgehead atoms. The molecule has 2 aromatic rings. The standard InChI is InChI=1S/C19H24N2OS2/c1-3-10-21(11-15-4-5-15)19(22)16-6-8-18(9-7-16)24-13-17-12-23-14(2)20-17/h6-9,12,15H,3-5,10-11,13H2,1-2H3. The van der Waals surface area contributed by atoms with Gasteiger partial charge in [-0.15, -0.1) is 23.1 Å². The summed E-state index contributed by atoms with van der Waals surface area (Å²) in [6, 6.07) is 8.04. The van der Waals surface area contributed by atoms with Gasteiger partial charge in [0.05, 0.1) is 10.7 Å². The lowest BCUT2D eigenvalue weighted by atomic mass is 10.2. The summed E-state index contributed by atoms with van der Waals surface area (Å²) >= 11 is 3.45. The number of aryl methyl sites for hydroxylation is 1. The molecule has 0 N–H and O–H groups in total. The first-order chi connectivity index (χ1) is 11.7. The lowest BCUT2D eigenvalue weighted by Gasteiger charge is -2.22. The van der Waals surface area contributed by atoms with Crippen LogP contribution in [0.3, 0.4) is 0 Å². The first-order valence-electron chi connectivity index (χ1n) is 8.59. The van der Waals surface area contributed by atoms with Crippen molar-refractivity contribution in [2.75, 3.05) is 13.1 Å². The highest BCUT2D eigenvalue weighted by Crippen LogP contribution is 2.30. The van der Waals surface area contributed by atoms with Crippen molar-refractivity contribution in [3.63, 3.8) is 0 Å². The van der Waals surface area contributed by atoms with Crippen molar-refractivity contribution in [2.24, 2.45) is 5.92 Å².